The molecular formula is C20H25N7O3S. The lowest BCUT2D eigenvalue weighted by atomic mass is 9.85. The molecule has 3 aromatic rings. The molecule has 4 N–H and O–H groups in total. The molecule has 2 heterocycles. The van der Waals surface area contributed by atoms with Crippen LogP contribution < -0.4 is 10.5 Å². The standard InChI is InChI=1S/C20H25N7O3S/c1-14-5-6-15(31(29,30)25-11-20(28)7-3-2-4-8-20)9-16(14)17-10-23-18(21)19(26-17)27-13-22-12-24-27/h5-6,9-10,12-13,25,28H,2-4,7-8,11H2,1H3,(H2,21,23). The van der Waals surface area contributed by atoms with Gasteiger partial charge in [0, 0.05) is 12.1 Å². The summed E-state index contributed by atoms with van der Waals surface area (Å²) in [5.41, 5.74) is 6.83. The molecule has 11 heteroatoms. The minimum atomic E-state index is -3.82. The zero-order valence-corrected chi connectivity index (χ0v) is 18.0. The van der Waals surface area contributed by atoms with E-state index < -0.39 is 15.6 Å². The van der Waals surface area contributed by atoms with Crippen LogP contribution >= 0.6 is 0 Å². The van der Waals surface area contributed by atoms with Gasteiger partial charge in [0.05, 0.1) is 22.4 Å². The van der Waals surface area contributed by atoms with Gasteiger partial charge >= 0.3 is 0 Å². The molecule has 10 nitrogen and oxygen atoms in total. The maximum atomic E-state index is 12.9. The number of nitrogens with two attached hydrogens (primary N) is 1. The van der Waals surface area contributed by atoms with E-state index in [2.05, 4.69) is 24.8 Å². The van der Waals surface area contributed by atoms with Crippen LogP contribution in [0.25, 0.3) is 17.1 Å². The first-order valence-corrected chi connectivity index (χ1v) is 11.6. The average molecular weight is 444 g/mol. The number of rotatable bonds is 6. The molecular weight excluding hydrogens is 418 g/mol. The minimum Gasteiger partial charge on any atom is -0.389 e. The van der Waals surface area contributed by atoms with Crippen LogP contribution in [0.3, 0.4) is 0 Å². The van der Waals surface area contributed by atoms with Gasteiger partial charge in [0.2, 0.25) is 10.0 Å². The molecule has 0 bridgehead atoms. The van der Waals surface area contributed by atoms with Crippen molar-refractivity contribution in [3.05, 3.63) is 42.6 Å². The van der Waals surface area contributed by atoms with Gasteiger partial charge < -0.3 is 10.8 Å². The lowest BCUT2D eigenvalue weighted by Crippen LogP contribution is -2.44. The van der Waals surface area contributed by atoms with E-state index in [4.69, 9.17) is 5.73 Å². The first-order chi connectivity index (χ1) is 14.8. The zero-order valence-electron chi connectivity index (χ0n) is 17.2. The highest BCUT2D eigenvalue weighted by Crippen LogP contribution is 2.29. The van der Waals surface area contributed by atoms with Crippen LogP contribution in [0, 0.1) is 6.92 Å². The van der Waals surface area contributed by atoms with Crippen molar-refractivity contribution in [2.24, 2.45) is 0 Å². The van der Waals surface area contributed by atoms with E-state index in [1.165, 1.54) is 29.6 Å². The van der Waals surface area contributed by atoms with E-state index in [-0.39, 0.29) is 17.3 Å². The number of sulfonamides is 1. The molecule has 31 heavy (non-hydrogen) atoms. The van der Waals surface area contributed by atoms with Crippen LogP contribution in [0.4, 0.5) is 5.82 Å². The van der Waals surface area contributed by atoms with Gasteiger partial charge in [-0.2, -0.15) is 9.78 Å². The highest BCUT2D eigenvalue weighted by Gasteiger charge is 2.31. The molecule has 0 saturated heterocycles. The number of nitrogens with zero attached hydrogens (tertiary/aromatic N) is 5. The number of nitrogens with one attached hydrogen (secondary N) is 1. The van der Waals surface area contributed by atoms with Gasteiger partial charge in [0.15, 0.2) is 11.6 Å². The summed E-state index contributed by atoms with van der Waals surface area (Å²) < 4.78 is 29.8. The Balaban J connectivity index is 1.64. The number of benzene rings is 1. The van der Waals surface area contributed by atoms with Crippen molar-refractivity contribution in [2.75, 3.05) is 12.3 Å². The molecule has 4 rings (SSSR count). The largest absolute Gasteiger partial charge is 0.389 e. The molecule has 2 aromatic heterocycles. The van der Waals surface area contributed by atoms with E-state index >= 15 is 0 Å². The molecule has 1 aromatic carbocycles. The molecule has 0 aliphatic heterocycles. The molecule has 1 aliphatic carbocycles. The van der Waals surface area contributed by atoms with Gasteiger partial charge in [-0.25, -0.2) is 28.1 Å². The normalized spacial score (nSPS) is 16.3. The summed E-state index contributed by atoms with van der Waals surface area (Å²) in [6.45, 7) is 1.85. The Kier molecular flexibility index (Phi) is 5.73. The molecule has 0 radical (unpaired) electrons. The fourth-order valence-corrected chi connectivity index (χ4v) is 4.89. The predicted octanol–water partition coefficient (Wildman–Crippen LogP) is 1.59. The topological polar surface area (TPSA) is 149 Å². The summed E-state index contributed by atoms with van der Waals surface area (Å²) in [5, 5.41) is 14.7. The second kappa shape index (κ2) is 8.33. The third-order valence-electron chi connectivity index (χ3n) is 5.59. The second-order valence-corrected chi connectivity index (χ2v) is 9.66. The fraction of sp³-hybridized carbons (Fsp3) is 0.400. The maximum absolute atomic E-state index is 12.9. The second-order valence-electron chi connectivity index (χ2n) is 7.89. The molecule has 0 atom stereocenters. The van der Waals surface area contributed by atoms with Gasteiger partial charge in [-0.1, -0.05) is 25.3 Å². The summed E-state index contributed by atoms with van der Waals surface area (Å²) in [6.07, 6.45) is 8.37. The maximum Gasteiger partial charge on any atom is 0.240 e. The van der Waals surface area contributed by atoms with Crippen molar-refractivity contribution in [1.82, 2.24) is 29.5 Å². The number of aryl methyl sites for hydroxylation is 1. The van der Waals surface area contributed by atoms with Crippen LogP contribution in [0.2, 0.25) is 0 Å². The Bertz CT molecular complexity index is 1170. The predicted molar refractivity (Wildman–Crippen MR) is 115 cm³/mol. The molecule has 1 aliphatic rings. The Morgan fingerprint density at radius 2 is 2.03 bits per heavy atom. The number of anilines is 1. The van der Waals surface area contributed by atoms with Gasteiger partial charge in [-0.05, 0) is 37.5 Å². The quantitative estimate of drug-likeness (QED) is 0.520. The third kappa shape index (κ3) is 4.58. The van der Waals surface area contributed by atoms with E-state index in [1.807, 2.05) is 6.92 Å². The van der Waals surface area contributed by atoms with Crippen molar-refractivity contribution in [3.63, 3.8) is 0 Å². The van der Waals surface area contributed by atoms with E-state index in [9.17, 15) is 13.5 Å². The smallest absolute Gasteiger partial charge is 0.240 e. The Morgan fingerprint density at radius 1 is 1.26 bits per heavy atom. The minimum absolute atomic E-state index is 0.00331. The van der Waals surface area contributed by atoms with E-state index in [1.54, 1.807) is 12.1 Å². The third-order valence-corrected chi connectivity index (χ3v) is 6.99. The van der Waals surface area contributed by atoms with Gasteiger partial charge in [-0.15, -0.1) is 0 Å². The zero-order chi connectivity index (χ0) is 22.1. The Hall–Kier alpha value is -2.89. The molecule has 1 fully saturated rings. The van der Waals surface area contributed by atoms with Crippen molar-refractivity contribution in [2.45, 2.75) is 49.5 Å². The highest BCUT2D eigenvalue weighted by molar-refractivity contribution is 7.89. The number of aliphatic hydroxyl groups is 1. The molecule has 0 spiro atoms. The first kappa shape index (κ1) is 21.3. The summed E-state index contributed by atoms with van der Waals surface area (Å²) in [6, 6.07) is 4.80. The van der Waals surface area contributed by atoms with Crippen molar-refractivity contribution >= 4 is 15.8 Å². The van der Waals surface area contributed by atoms with Crippen LogP contribution in [0.5, 0.6) is 0 Å². The molecule has 0 unspecified atom stereocenters. The molecule has 1 saturated carbocycles. The van der Waals surface area contributed by atoms with Crippen LogP contribution in [-0.4, -0.2) is 50.4 Å². The Morgan fingerprint density at radius 3 is 2.74 bits per heavy atom. The Labute approximate surface area is 180 Å². The number of aromatic nitrogens is 5. The monoisotopic (exact) mass is 443 g/mol. The van der Waals surface area contributed by atoms with Crippen molar-refractivity contribution in [3.8, 4) is 17.1 Å². The van der Waals surface area contributed by atoms with E-state index in [0.717, 1.165) is 24.8 Å². The summed E-state index contributed by atoms with van der Waals surface area (Å²) in [5.74, 6) is 0.485. The van der Waals surface area contributed by atoms with Gasteiger partial charge in [-0.3, -0.25) is 0 Å². The molecule has 164 valence electrons. The lowest BCUT2D eigenvalue weighted by molar-refractivity contribution is 0.00945. The van der Waals surface area contributed by atoms with E-state index in [0.29, 0.717) is 29.9 Å². The number of nitrogen functional groups attached to an aromatic ring is 1. The summed E-state index contributed by atoms with van der Waals surface area (Å²) in [4.78, 5) is 12.7. The number of hydrogen-bond acceptors (Lipinski definition) is 8. The first-order valence-electron chi connectivity index (χ1n) is 10.1. The van der Waals surface area contributed by atoms with Gasteiger partial charge in [0.25, 0.3) is 0 Å². The highest BCUT2D eigenvalue weighted by atomic mass is 32.2. The number of hydrogen-bond donors (Lipinski definition) is 3. The van der Waals surface area contributed by atoms with Crippen molar-refractivity contribution in [1.29, 1.82) is 0 Å². The van der Waals surface area contributed by atoms with Crippen LogP contribution in [-0.2, 0) is 10.0 Å². The molecule has 0 amide bonds. The van der Waals surface area contributed by atoms with Crippen LogP contribution in [0.15, 0.2) is 41.9 Å². The van der Waals surface area contributed by atoms with Crippen molar-refractivity contribution < 1.29 is 13.5 Å². The van der Waals surface area contributed by atoms with Gasteiger partial charge in [0.1, 0.15) is 12.7 Å². The average Bonchev–Trinajstić information content (AvgIpc) is 3.28. The lowest BCUT2D eigenvalue weighted by Gasteiger charge is -2.32. The SMILES string of the molecule is Cc1ccc(S(=O)(=O)NCC2(O)CCCCC2)cc1-c1cnc(N)c(-n2cncn2)n1. The fourth-order valence-electron chi connectivity index (χ4n) is 3.75. The summed E-state index contributed by atoms with van der Waals surface area (Å²) in [7, 11) is -3.82. The van der Waals surface area contributed by atoms with Crippen LogP contribution in [0.1, 0.15) is 37.7 Å². The summed E-state index contributed by atoms with van der Waals surface area (Å²) >= 11 is 0.